The molecule has 0 saturated carbocycles. The number of hydrogen-bond acceptors (Lipinski definition) is 2. The van der Waals surface area contributed by atoms with E-state index in [-0.39, 0.29) is 24.4 Å². The first kappa shape index (κ1) is 15.4. The molecule has 0 aromatic heterocycles. The maximum atomic E-state index is 14.3. The van der Waals surface area contributed by atoms with Crippen molar-refractivity contribution in [1.29, 1.82) is 0 Å². The van der Waals surface area contributed by atoms with Crippen LogP contribution in [0, 0.1) is 0 Å². The fraction of sp³-hybridized carbons (Fsp3) is 0.467. The highest BCUT2D eigenvalue weighted by molar-refractivity contribution is 5.92. The fourth-order valence-electron chi connectivity index (χ4n) is 2.36. The smallest absolute Gasteiger partial charge is 0.290 e. The van der Waals surface area contributed by atoms with Crippen molar-refractivity contribution in [3.63, 3.8) is 0 Å². The van der Waals surface area contributed by atoms with Gasteiger partial charge in [-0.2, -0.15) is 8.78 Å². The van der Waals surface area contributed by atoms with E-state index in [1.165, 1.54) is 38.1 Å². The number of amides is 2. The van der Waals surface area contributed by atoms with E-state index >= 15 is 0 Å². The summed E-state index contributed by atoms with van der Waals surface area (Å²) in [6.07, 6.45) is 0.0278. The van der Waals surface area contributed by atoms with Gasteiger partial charge in [-0.3, -0.25) is 9.59 Å². The Morgan fingerprint density at radius 1 is 1.24 bits per heavy atom. The Bertz CT molecular complexity index is 544. The van der Waals surface area contributed by atoms with Gasteiger partial charge in [0.05, 0.1) is 6.54 Å². The zero-order chi connectivity index (χ0) is 15.7. The predicted octanol–water partition coefficient (Wildman–Crippen LogP) is 1.91. The lowest BCUT2D eigenvalue weighted by molar-refractivity contribution is -0.142. The Balaban J connectivity index is 2.21. The third kappa shape index (κ3) is 3.37. The maximum Gasteiger partial charge on any atom is 0.290 e. The van der Waals surface area contributed by atoms with Gasteiger partial charge in [-0.15, -0.1) is 0 Å². The lowest BCUT2D eigenvalue weighted by atomic mass is 10.0. The standard InChI is InChI=1S/C15H18F2N2O2/c1-14(2)13(21)19(9-8-12(20)18-14)10-15(16,17)11-6-4-3-5-7-11/h3-7H,8-10H2,1-2H3,(H,18,20). The van der Waals surface area contributed by atoms with Gasteiger partial charge in [-0.05, 0) is 13.8 Å². The van der Waals surface area contributed by atoms with E-state index in [0.717, 1.165) is 4.90 Å². The third-order valence-corrected chi connectivity index (χ3v) is 3.47. The Hall–Kier alpha value is -1.98. The number of rotatable bonds is 3. The van der Waals surface area contributed by atoms with E-state index in [1.807, 2.05) is 0 Å². The van der Waals surface area contributed by atoms with Crippen LogP contribution in [0.1, 0.15) is 25.8 Å². The van der Waals surface area contributed by atoms with E-state index in [2.05, 4.69) is 5.32 Å². The summed E-state index contributed by atoms with van der Waals surface area (Å²) in [6.45, 7) is 2.31. The molecule has 4 nitrogen and oxygen atoms in total. The summed E-state index contributed by atoms with van der Waals surface area (Å²) in [7, 11) is 0. The number of nitrogens with one attached hydrogen (secondary N) is 1. The Morgan fingerprint density at radius 3 is 2.48 bits per heavy atom. The molecule has 0 atom stereocenters. The van der Waals surface area contributed by atoms with E-state index in [9.17, 15) is 18.4 Å². The molecule has 1 saturated heterocycles. The van der Waals surface area contributed by atoms with Gasteiger partial charge in [0.15, 0.2) is 0 Å². The average Bonchev–Trinajstić information content (AvgIpc) is 2.51. The molecular formula is C15H18F2N2O2. The van der Waals surface area contributed by atoms with Gasteiger partial charge in [-0.1, -0.05) is 30.3 Å². The molecule has 1 aromatic rings. The zero-order valence-electron chi connectivity index (χ0n) is 12.0. The van der Waals surface area contributed by atoms with Crippen LogP contribution in [0.3, 0.4) is 0 Å². The second kappa shape index (κ2) is 5.42. The minimum atomic E-state index is -3.15. The summed E-state index contributed by atoms with van der Waals surface area (Å²) in [5.74, 6) is -3.96. The molecule has 0 unspecified atom stereocenters. The molecular weight excluding hydrogens is 278 g/mol. The van der Waals surface area contributed by atoms with E-state index in [1.54, 1.807) is 6.07 Å². The van der Waals surface area contributed by atoms with Crippen LogP contribution in [0.25, 0.3) is 0 Å². The van der Waals surface area contributed by atoms with Crippen molar-refractivity contribution >= 4 is 11.8 Å². The largest absolute Gasteiger partial charge is 0.342 e. The van der Waals surface area contributed by atoms with Crippen molar-refractivity contribution in [3.8, 4) is 0 Å². The molecule has 2 amide bonds. The fourth-order valence-corrected chi connectivity index (χ4v) is 2.36. The van der Waals surface area contributed by atoms with Crippen LogP contribution in [-0.4, -0.2) is 35.3 Å². The molecule has 21 heavy (non-hydrogen) atoms. The van der Waals surface area contributed by atoms with Gasteiger partial charge in [0.25, 0.3) is 5.92 Å². The molecule has 0 bridgehead atoms. The van der Waals surface area contributed by atoms with Crippen LogP contribution in [0.5, 0.6) is 0 Å². The quantitative estimate of drug-likeness (QED) is 0.926. The topological polar surface area (TPSA) is 49.4 Å². The van der Waals surface area contributed by atoms with Gasteiger partial charge in [-0.25, -0.2) is 0 Å². The van der Waals surface area contributed by atoms with Gasteiger partial charge >= 0.3 is 0 Å². The van der Waals surface area contributed by atoms with Gasteiger partial charge < -0.3 is 10.2 Å². The average molecular weight is 296 g/mol. The summed E-state index contributed by atoms with van der Waals surface area (Å²) in [5, 5.41) is 2.55. The Kier molecular flexibility index (Phi) is 3.98. The summed E-state index contributed by atoms with van der Waals surface area (Å²) >= 11 is 0. The van der Waals surface area contributed by atoms with Crippen LogP contribution in [0.2, 0.25) is 0 Å². The Labute approximate surface area is 122 Å². The molecule has 114 valence electrons. The highest BCUT2D eigenvalue weighted by Crippen LogP contribution is 2.30. The summed E-state index contributed by atoms with van der Waals surface area (Å²) in [6, 6.07) is 7.38. The van der Waals surface area contributed by atoms with E-state index in [0.29, 0.717) is 0 Å². The lowest BCUT2D eigenvalue weighted by Gasteiger charge is -2.31. The predicted molar refractivity (Wildman–Crippen MR) is 73.8 cm³/mol. The van der Waals surface area contributed by atoms with Crippen molar-refractivity contribution in [2.24, 2.45) is 0 Å². The first-order valence-electron chi connectivity index (χ1n) is 6.76. The number of halogens is 2. The number of hydrogen-bond donors (Lipinski definition) is 1. The van der Waals surface area contributed by atoms with Crippen LogP contribution < -0.4 is 5.32 Å². The molecule has 2 rings (SSSR count). The maximum absolute atomic E-state index is 14.3. The second-order valence-corrected chi connectivity index (χ2v) is 5.72. The highest BCUT2D eigenvalue weighted by atomic mass is 19.3. The number of alkyl halides is 2. The van der Waals surface area contributed by atoms with Gasteiger partial charge in [0.1, 0.15) is 5.54 Å². The number of carbonyl (C=O) groups is 2. The zero-order valence-corrected chi connectivity index (χ0v) is 12.0. The molecule has 1 heterocycles. The van der Waals surface area contributed by atoms with Gasteiger partial charge in [0.2, 0.25) is 11.8 Å². The van der Waals surface area contributed by atoms with Crippen LogP contribution in [0.4, 0.5) is 8.78 Å². The van der Waals surface area contributed by atoms with E-state index < -0.39 is 23.9 Å². The van der Waals surface area contributed by atoms with Crippen molar-refractivity contribution < 1.29 is 18.4 Å². The van der Waals surface area contributed by atoms with Crippen molar-refractivity contribution in [3.05, 3.63) is 35.9 Å². The Morgan fingerprint density at radius 2 is 1.86 bits per heavy atom. The minimum Gasteiger partial charge on any atom is -0.342 e. The first-order chi connectivity index (χ1) is 9.72. The third-order valence-electron chi connectivity index (χ3n) is 3.47. The number of carbonyl (C=O) groups excluding carboxylic acids is 2. The summed E-state index contributed by atoms with van der Waals surface area (Å²) in [4.78, 5) is 24.9. The number of nitrogens with zero attached hydrogens (tertiary/aromatic N) is 1. The van der Waals surface area contributed by atoms with Crippen LogP contribution in [-0.2, 0) is 15.5 Å². The second-order valence-electron chi connectivity index (χ2n) is 5.72. The molecule has 1 fully saturated rings. The molecule has 1 aromatic carbocycles. The minimum absolute atomic E-state index is 0.00345. The SMILES string of the molecule is CC1(C)NC(=O)CCN(CC(F)(F)c2ccccc2)C1=O. The first-order valence-corrected chi connectivity index (χ1v) is 6.76. The molecule has 1 aliphatic heterocycles. The van der Waals surface area contributed by atoms with Crippen LogP contribution >= 0.6 is 0 Å². The molecule has 0 spiro atoms. The number of benzene rings is 1. The monoisotopic (exact) mass is 296 g/mol. The molecule has 1 aliphatic rings. The van der Waals surface area contributed by atoms with Crippen LogP contribution in [0.15, 0.2) is 30.3 Å². The van der Waals surface area contributed by atoms with Crippen molar-refractivity contribution in [2.45, 2.75) is 31.7 Å². The molecule has 0 radical (unpaired) electrons. The summed E-state index contributed by atoms with van der Waals surface area (Å²) in [5.41, 5.74) is -1.31. The normalized spacial score (nSPS) is 19.1. The lowest BCUT2D eigenvalue weighted by Crippen LogP contribution is -2.54. The molecule has 0 aliphatic carbocycles. The molecule has 1 N–H and O–H groups in total. The van der Waals surface area contributed by atoms with Gasteiger partial charge in [0, 0.05) is 18.5 Å². The van der Waals surface area contributed by atoms with Crippen molar-refractivity contribution in [1.82, 2.24) is 10.2 Å². The highest BCUT2D eigenvalue weighted by Gasteiger charge is 2.42. The van der Waals surface area contributed by atoms with E-state index in [4.69, 9.17) is 0 Å². The molecule has 6 heteroatoms. The summed E-state index contributed by atoms with van der Waals surface area (Å²) < 4.78 is 28.6. The van der Waals surface area contributed by atoms with Crippen molar-refractivity contribution in [2.75, 3.05) is 13.1 Å².